The van der Waals surface area contributed by atoms with Crippen LogP contribution >= 0.6 is 23.8 Å². The van der Waals surface area contributed by atoms with Gasteiger partial charge in [-0.3, -0.25) is 9.67 Å². The maximum atomic E-state index is 11.5. The van der Waals surface area contributed by atoms with Gasteiger partial charge in [-0.1, -0.05) is 17.7 Å². The van der Waals surface area contributed by atoms with Crippen LogP contribution < -0.4 is 10.4 Å². The minimum absolute atomic E-state index is 0.264. The maximum Gasteiger partial charge on any atom is 0.342 e. The number of aromatic nitrogens is 3. The van der Waals surface area contributed by atoms with Crippen LogP contribution in [-0.4, -0.2) is 21.9 Å². The summed E-state index contributed by atoms with van der Waals surface area (Å²) in [6, 6.07) is 5.31. The van der Waals surface area contributed by atoms with Crippen molar-refractivity contribution in [2.24, 2.45) is 0 Å². The Morgan fingerprint density at radius 1 is 1.47 bits per heavy atom. The van der Waals surface area contributed by atoms with Gasteiger partial charge in [-0.25, -0.2) is 9.89 Å². The molecule has 0 bridgehead atoms. The number of H-pyrrole nitrogens is 2. The summed E-state index contributed by atoms with van der Waals surface area (Å²) < 4.78 is 6.89. The fraction of sp³-hybridized carbons (Fsp3) is 0.200. The van der Waals surface area contributed by atoms with Gasteiger partial charge in [-0.2, -0.15) is 0 Å². The normalized spacial score (nSPS) is 10.5. The maximum absolute atomic E-state index is 11.5. The molecule has 0 amide bonds. The lowest BCUT2D eigenvalue weighted by Crippen LogP contribution is -2.18. The fourth-order valence-corrected chi connectivity index (χ4v) is 1.94. The van der Waals surface area contributed by atoms with Crippen LogP contribution in [0.5, 0.6) is 5.75 Å². The summed E-state index contributed by atoms with van der Waals surface area (Å²) in [4.78, 5) is 11.5. The molecule has 0 unspecified atom stereocenters. The minimum atomic E-state index is -0.308. The smallest absolute Gasteiger partial charge is 0.342 e. The van der Waals surface area contributed by atoms with Gasteiger partial charge in [0.2, 0.25) is 0 Å². The second-order valence-electron chi connectivity index (χ2n) is 3.37. The summed E-state index contributed by atoms with van der Waals surface area (Å²) in [6.07, 6.45) is 0. The lowest BCUT2D eigenvalue weighted by molar-refractivity contribution is 0.408. The Morgan fingerprint density at radius 3 is 2.82 bits per heavy atom. The van der Waals surface area contributed by atoms with Crippen LogP contribution in [0, 0.1) is 4.77 Å². The molecule has 0 fully saturated rings. The Balaban J connectivity index is 2.50. The highest BCUT2D eigenvalue weighted by Gasteiger charge is 2.10. The molecule has 0 aliphatic heterocycles. The topological polar surface area (TPSA) is 62.8 Å². The molecular formula is C10H10ClN3O2S. The van der Waals surface area contributed by atoms with E-state index >= 15 is 0 Å². The number of nitrogens with one attached hydrogen (secondary N) is 2. The summed E-state index contributed by atoms with van der Waals surface area (Å²) in [5, 5.41) is 5.51. The Hall–Kier alpha value is -1.53. The van der Waals surface area contributed by atoms with Gasteiger partial charge in [0.05, 0.1) is 13.7 Å². The van der Waals surface area contributed by atoms with Crippen molar-refractivity contribution in [1.82, 2.24) is 14.8 Å². The molecule has 17 heavy (non-hydrogen) atoms. The third-order valence-corrected chi connectivity index (χ3v) is 3.06. The molecule has 2 aromatic rings. The number of aromatic amines is 2. The SMILES string of the molecule is COc1cccc(Cl)c1Cn1c(=O)[nH][nH]c1=S. The molecule has 1 aromatic heterocycles. The van der Waals surface area contributed by atoms with Gasteiger partial charge in [0.15, 0.2) is 4.77 Å². The predicted molar refractivity (Wildman–Crippen MR) is 67.3 cm³/mol. The van der Waals surface area contributed by atoms with Gasteiger partial charge in [0.1, 0.15) is 5.75 Å². The number of hydrogen-bond acceptors (Lipinski definition) is 3. The molecule has 0 saturated heterocycles. The quantitative estimate of drug-likeness (QED) is 0.839. The van der Waals surface area contributed by atoms with Crippen molar-refractivity contribution in [3.05, 3.63) is 44.0 Å². The Morgan fingerprint density at radius 2 is 2.24 bits per heavy atom. The van der Waals surface area contributed by atoms with Crippen molar-refractivity contribution < 1.29 is 4.74 Å². The van der Waals surface area contributed by atoms with Gasteiger partial charge in [-0.15, -0.1) is 0 Å². The van der Waals surface area contributed by atoms with E-state index in [0.717, 1.165) is 5.56 Å². The zero-order valence-corrected chi connectivity index (χ0v) is 10.6. The van der Waals surface area contributed by atoms with Crippen LogP contribution in [0.25, 0.3) is 0 Å². The van der Waals surface area contributed by atoms with Crippen LogP contribution in [0.15, 0.2) is 23.0 Å². The van der Waals surface area contributed by atoms with Crippen LogP contribution in [0.2, 0.25) is 5.02 Å². The minimum Gasteiger partial charge on any atom is -0.496 e. The molecular weight excluding hydrogens is 262 g/mol. The Kier molecular flexibility index (Phi) is 3.35. The third kappa shape index (κ3) is 2.27. The molecule has 0 saturated carbocycles. The van der Waals surface area contributed by atoms with E-state index in [4.69, 9.17) is 28.6 Å². The molecule has 90 valence electrons. The van der Waals surface area contributed by atoms with Crippen molar-refractivity contribution >= 4 is 23.8 Å². The molecule has 1 heterocycles. The highest BCUT2D eigenvalue weighted by atomic mass is 35.5. The van der Waals surface area contributed by atoms with E-state index in [2.05, 4.69) is 10.2 Å². The molecule has 1 aromatic carbocycles. The standard InChI is InChI=1S/C10H10ClN3O2S/c1-16-8-4-2-3-7(11)6(8)5-14-9(15)12-13-10(14)17/h2-4H,5H2,1H3,(H,12,15)(H,13,17). The molecule has 0 atom stereocenters. The third-order valence-electron chi connectivity index (χ3n) is 2.38. The summed E-state index contributed by atoms with van der Waals surface area (Å²) in [7, 11) is 1.55. The lowest BCUT2D eigenvalue weighted by Gasteiger charge is -2.09. The van der Waals surface area contributed by atoms with E-state index < -0.39 is 0 Å². The Labute approximate surface area is 107 Å². The number of ether oxygens (including phenoxy) is 1. The summed E-state index contributed by atoms with van der Waals surface area (Å²) in [5.41, 5.74) is 0.412. The van der Waals surface area contributed by atoms with E-state index in [0.29, 0.717) is 15.5 Å². The van der Waals surface area contributed by atoms with Crippen LogP contribution in [0.1, 0.15) is 5.56 Å². The van der Waals surface area contributed by atoms with E-state index in [-0.39, 0.29) is 12.2 Å². The van der Waals surface area contributed by atoms with Crippen LogP contribution in [-0.2, 0) is 6.54 Å². The fourth-order valence-electron chi connectivity index (χ4n) is 1.52. The molecule has 0 radical (unpaired) electrons. The molecule has 7 heteroatoms. The van der Waals surface area contributed by atoms with Gasteiger partial charge in [0.25, 0.3) is 0 Å². The highest BCUT2D eigenvalue weighted by molar-refractivity contribution is 7.71. The zero-order valence-electron chi connectivity index (χ0n) is 8.99. The summed E-state index contributed by atoms with van der Waals surface area (Å²) >= 11 is 11.1. The van der Waals surface area contributed by atoms with Gasteiger partial charge < -0.3 is 4.74 Å². The predicted octanol–water partition coefficient (Wildman–Crippen LogP) is 1.94. The average molecular weight is 272 g/mol. The largest absolute Gasteiger partial charge is 0.496 e. The second-order valence-corrected chi connectivity index (χ2v) is 4.16. The Bertz CT molecular complexity index is 616. The first-order chi connectivity index (χ1) is 8.13. The molecule has 5 nitrogen and oxygen atoms in total. The average Bonchev–Trinajstić information content (AvgIpc) is 2.63. The van der Waals surface area contributed by atoms with Crippen LogP contribution in [0.4, 0.5) is 0 Å². The van der Waals surface area contributed by atoms with Crippen molar-refractivity contribution in [1.29, 1.82) is 0 Å². The number of methoxy groups -OCH3 is 1. The van der Waals surface area contributed by atoms with Crippen molar-refractivity contribution in [2.45, 2.75) is 6.54 Å². The number of benzene rings is 1. The first-order valence-electron chi connectivity index (χ1n) is 4.82. The number of rotatable bonds is 3. The molecule has 2 N–H and O–H groups in total. The molecule has 2 rings (SSSR count). The summed E-state index contributed by atoms with van der Waals surface area (Å²) in [6.45, 7) is 0.264. The van der Waals surface area contributed by atoms with E-state index in [9.17, 15) is 4.79 Å². The molecule has 0 aliphatic carbocycles. The second kappa shape index (κ2) is 4.77. The number of hydrogen-bond donors (Lipinski definition) is 2. The van der Waals surface area contributed by atoms with E-state index in [1.165, 1.54) is 4.57 Å². The number of halogens is 1. The number of nitrogens with zero attached hydrogens (tertiary/aromatic N) is 1. The first kappa shape index (κ1) is 11.9. The van der Waals surface area contributed by atoms with Crippen molar-refractivity contribution in [3.8, 4) is 5.75 Å². The van der Waals surface area contributed by atoms with Crippen molar-refractivity contribution in [2.75, 3.05) is 7.11 Å². The van der Waals surface area contributed by atoms with Gasteiger partial charge >= 0.3 is 5.69 Å². The molecule has 0 aliphatic rings. The van der Waals surface area contributed by atoms with Crippen LogP contribution in [0.3, 0.4) is 0 Å². The zero-order chi connectivity index (χ0) is 12.4. The van der Waals surface area contributed by atoms with Gasteiger partial charge in [-0.05, 0) is 24.4 Å². The van der Waals surface area contributed by atoms with E-state index in [1.807, 2.05) is 0 Å². The lowest BCUT2D eigenvalue weighted by atomic mass is 10.2. The first-order valence-corrected chi connectivity index (χ1v) is 5.61. The highest BCUT2D eigenvalue weighted by Crippen LogP contribution is 2.26. The van der Waals surface area contributed by atoms with Gasteiger partial charge in [0, 0.05) is 10.6 Å². The monoisotopic (exact) mass is 271 g/mol. The summed E-state index contributed by atoms with van der Waals surface area (Å²) in [5.74, 6) is 0.625. The van der Waals surface area contributed by atoms with E-state index in [1.54, 1.807) is 25.3 Å². The van der Waals surface area contributed by atoms with Crippen molar-refractivity contribution in [3.63, 3.8) is 0 Å². The molecule has 0 spiro atoms.